The maximum absolute atomic E-state index is 11.7. The Morgan fingerprint density at radius 1 is 1.33 bits per heavy atom. The molecule has 1 aromatic rings. The van der Waals surface area contributed by atoms with Crippen LogP contribution in [0, 0.1) is 13.8 Å². The minimum atomic E-state index is -0.890. The molecule has 0 spiro atoms. The lowest BCUT2D eigenvalue weighted by molar-refractivity contribution is 0.0696. The summed E-state index contributed by atoms with van der Waals surface area (Å²) in [6.07, 6.45) is 1.37. The lowest BCUT2D eigenvalue weighted by Crippen LogP contribution is -2.39. The van der Waals surface area contributed by atoms with Gasteiger partial charge in [0.15, 0.2) is 0 Å². The molecule has 1 amide bonds. The minimum Gasteiger partial charge on any atom is -0.478 e. The van der Waals surface area contributed by atoms with Crippen LogP contribution in [0.3, 0.4) is 0 Å². The Morgan fingerprint density at radius 3 is 2.43 bits per heavy atom. The molecule has 2 heterocycles. The quantitative estimate of drug-likeness (QED) is 0.930. The van der Waals surface area contributed by atoms with Crippen molar-refractivity contribution < 1.29 is 19.4 Å². The van der Waals surface area contributed by atoms with Gasteiger partial charge in [0.1, 0.15) is 0 Å². The number of ether oxygens (including phenoxy) is 1. The summed E-state index contributed by atoms with van der Waals surface area (Å²) in [5.74, 6) is -0.890. The number of carbonyl (C=O) groups excluding carboxylic acids is 1. The van der Waals surface area contributed by atoms with E-state index >= 15 is 0 Å². The van der Waals surface area contributed by atoms with E-state index < -0.39 is 5.97 Å². The maximum atomic E-state index is 11.7. The van der Waals surface area contributed by atoms with E-state index in [9.17, 15) is 14.7 Å². The number of aryl methyl sites for hydroxylation is 1. The van der Waals surface area contributed by atoms with E-state index in [-0.39, 0.29) is 12.1 Å². The van der Waals surface area contributed by atoms with Crippen LogP contribution < -0.4 is 0 Å². The molecule has 0 unspecified atom stereocenters. The fraction of sp³-hybridized carbons (Fsp3) is 0.600. The summed E-state index contributed by atoms with van der Waals surface area (Å²) >= 11 is 0. The van der Waals surface area contributed by atoms with Gasteiger partial charge in [-0.3, -0.25) is 0 Å². The Labute approximate surface area is 124 Å². The smallest absolute Gasteiger partial charge is 0.409 e. The molecule has 1 aromatic heterocycles. The van der Waals surface area contributed by atoms with E-state index in [2.05, 4.69) is 4.57 Å². The highest BCUT2D eigenvalue weighted by Crippen LogP contribution is 2.28. The number of nitrogens with zero attached hydrogens (tertiary/aromatic N) is 2. The van der Waals surface area contributed by atoms with Gasteiger partial charge in [0.25, 0.3) is 0 Å². The van der Waals surface area contributed by atoms with Crippen molar-refractivity contribution in [3.63, 3.8) is 0 Å². The second kappa shape index (κ2) is 6.20. The van der Waals surface area contributed by atoms with Gasteiger partial charge in [-0.15, -0.1) is 0 Å². The molecule has 116 valence electrons. The first-order valence-corrected chi connectivity index (χ1v) is 7.29. The van der Waals surface area contributed by atoms with E-state index in [1.165, 1.54) is 0 Å². The zero-order valence-corrected chi connectivity index (χ0v) is 12.8. The number of aromatic carboxylic acids is 1. The number of carbonyl (C=O) groups is 2. The normalized spacial score (nSPS) is 16.0. The summed E-state index contributed by atoms with van der Waals surface area (Å²) < 4.78 is 7.10. The van der Waals surface area contributed by atoms with E-state index in [0.717, 1.165) is 24.2 Å². The zero-order chi connectivity index (χ0) is 15.6. The van der Waals surface area contributed by atoms with E-state index in [1.807, 2.05) is 13.8 Å². The summed E-state index contributed by atoms with van der Waals surface area (Å²) in [6, 6.07) is 1.96. The molecular weight excluding hydrogens is 272 g/mol. The average Bonchev–Trinajstić information content (AvgIpc) is 2.75. The van der Waals surface area contributed by atoms with Crippen molar-refractivity contribution >= 4 is 12.1 Å². The first-order chi connectivity index (χ1) is 9.95. The third-order valence-electron chi connectivity index (χ3n) is 4.07. The molecule has 0 bridgehead atoms. The van der Waals surface area contributed by atoms with Crippen molar-refractivity contribution in [2.24, 2.45) is 0 Å². The third-order valence-corrected chi connectivity index (χ3v) is 4.07. The number of hydrogen-bond acceptors (Lipinski definition) is 3. The number of aromatic nitrogens is 1. The van der Waals surface area contributed by atoms with Crippen LogP contribution in [-0.4, -0.2) is 46.3 Å². The van der Waals surface area contributed by atoms with Gasteiger partial charge in [0.05, 0.1) is 12.2 Å². The first-order valence-electron chi connectivity index (χ1n) is 7.29. The molecule has 0 saturated carbocycles. The molecule has 21 heavy (non-hydrogen) atoms. The van der Waals surface area contributed by atoms with E-state index in [1.54, 1.807) is 17.9 Å². The second-order valence-electron chi connectivity index (χ2n) is 5.38. The SMILES string of the molecule is CCOC(=O)N1CCC(n2c(C)cc(C(=O)O)c2C)CC1. The number of amides is 1. The highest BCUT2D eigenvalue weighted by atomic mass is 16.6. The van der Waals surface area contributed by atoms with Crippen LogP contribution in [0.1, 0.15) is 47.6 Å². The second-order valence-corrected chi connectivity index (χ2v) is 5.38. The van der Waals surface area contributed by atoms with Gasteiger partial charge in [0, 0.05) is 30.5 Å². The molecule has 1 aliphatic rings. The van der Waals surface area contributed by atoms with Crippen LogP contribution in [0.4, 0.5) is 4.79 Å². The fourth-order valence-electron chi connectivity index (χ4n) is 3.08. The lowest BCUT2D eigenvalue weighted by Gasteiger charge is -2.33. The molecule has 1 fully saturated rings. The summed E-state index contributed by atoms with van der Waals surface area (Å²) in [5, 5.41) is 9.19. The van der Waals surface area contributed by atoms with Crippen molar-refractivity contribution in [2.45, 2.75) is 39.7 Å². The van der Waals surface area contributed by atoms with Crippen LogP contribution in [0.5, 0.6) is 0 Å². The van der Waals surface area contributed by atoms with E-state index in [4.69, 9.17) is 4.74 Å². The summed E-state index contributed by atoms with van der Waals surface area (Å²) in [6.45, 7) is 7.23. The summed E-state index contributed by atoms with van der Waals surface area (Å²) in [7, 11) is 0. The van der Waals surface area contributed by atoms with E-state index in [0.29, 0.717) is 25.3 Å². The van der Waals surface area contributed by atoms with Crippen molar-refractivity contribution in [2.75, 3.05) is 19.7 Å². The first kappa shape index (κ1) is 15.4. The molecule has 0 atom stereocenters. The number of piperidine rings is 1. The van der Waals surface area contributed by atoms with Gasteiger partial charge in [-0.1, -0.05) is 0 Å². The van der Waals surface area contributed by atoms with Gasteiger partial charge >= 0.3 is 12.1 Å². The van der Waals surface area contributed by atoms with Crippen LogP contribution in [-0.2, 0) is 4.74 Å². The molecular formula is C15H22N2O4. The third kappa shape index (κ3) is 3.04. The Kier molecular flexibility index (Phi) is 4.55. The summed E-state index contributed by atoms with van der Waals surface area (Å²) in [5.41, 5.74) is 2.11. The van der Waals surface area contributed by atoms with Crippen molar-refractivity contribution in [1.29, 1.82) is 0 Å². The van der Waals surface area contributed by atoms with Crippen molar-refractivity contribution in [3.8, 4) is 0 Å². The molecule has 6 nitrogen and oxygen atoms in total. The Bertz CT molecular complexity index is 542. The van der Waals surface area contributed by atoms with Gasteiger partial charge in [-0.05, 0) is 39.7 Å². The zero-order valence-electron chi connectivity index (χ0n) is 12.8. The predicted octanol–water partition coefficient (Wildman–Crippen LogP) is 2.60. The van der Waals surface area contributed by atoms with Crippen LogP contribution in [0.2, 0.25) is 0 Å². The van der Waals surface area contributed by atoms with Crippen molar-refractivity contribution in [3.05, 3.63) is 23.0 Å². The Hall–Kier alpha value is -1.98. The topological polar surface area (TPSA) is 71.8 Å². The molecule has 0 radical (unpaired) electrons. The highest BCUT2D eigenvalue weighted by Gasteiger charge is 2.27. The van der Waals surface area contributed by atoms with Gasteiger partial charge in [0.2, 0.25) is 0 Å². The Morgan fingerprint density at radius 2 is 1.95 bits per heavy atom. The van der Waals surface area contributed by atoms with Crippen LogP contribution in [0.25, 0.3) is 0 Å². The predicted molar refractivity (Wildman–Crippen MR) is 77.7 cm³/mol. The number of likely N-dealkylation sites (tertiary alicyclic amines) is 1. The number of rotatable bonds is 3. The largest absolute Gasteiger partial charge is 0.478 e. The molecule has 0 aromatic carbocycles. The van der Waals surface area contributed by atoms with Gasteiger partial charge in [-0.25, -0.2) is 9.59 Å². The number of carboxylic acid groups (broad SMARTS) is 1. The van der Waals surface area contributed by atoms with Crippen LogP contribution >= 0.6 is 0 Å². The van der Waals surface area contributed by atoms with Gasteiger partial charge < -0.3 is 19.3 Å². The minimum absolute atomic E-state index is 0.240. The molecule has 2 rings (SSSR count). The highest BCUT2D eigenvalue weighted by molar-refractivity contribution is 5.89. The maximum Gasteiger partial charge on any atom is 0.409 e. The van der Waals surface area contributed by atoms with Gasteiger partial charge in [-0.2, -0.15) is 0 Å². The molecule has 6 heteroatoms. The average molecular weight is 294 g/mol. The summed E-state index contributed by atoms with van der Waals surface area (Å²) in [4.78, 5) is 24.6. The fourth-order valence-corrected chi connectivity index (χ4v) is 3.08. The molecule has 1 aliphatic heterocycles. The van der Waals surface area contributed by atoms with Crippen LogP contribution in [0.15, 0.2) is 6.07 Å². The lowest BCUT2D eigenvalue weighted by atomic mass is 10.0. The van der Waals surface area contributed by atoms with Crippen molar-refractivity contribution in [1.82, 2.24) is 9.47 Å². The molecule has 1 N–H and O–H groups in total. The molecule has 1 saturated heterocycles. The number of hydrogen-bond donors (Lipinski definition) is 1. The Balaban J connectivity index is 2.09. The number of carboxylic acids is 1. The standard InChI is InChI=1S/C15H22N2O4/c1-4-21-15(20)16-7-5-12(6-8-16)17-10(2)9-13(11(17)3)14(18)19/h9,12H,4-8H2,1-3H3,(H,18,19). The monoisotopic (exact) mass is 294 g/mol. The molecule has 0 aliphatic carbocycles.